The van der Waals surface area contributed by atoms with Crippen LogP contribution in [-0.4, -0.2) is 47.3 Å². The van der Waals surface area contributed by atoms with Crippen molar-refractivity contribution in [3.05, 3.63) is 17.5 Å². The molecule has 0 amide bonds. The zero-order chi connectivity index (χ0) is 13.7. The molecule has 0 bridgehead atoms. The van der Waals surface area contributed by atoms with Gasteiger partial charge in [0.05, 0.1) is 6.54 Å². The maximum atomic E-state index is 10.6. The summed E-state index contributed by atoms with van der Waals surface area (Å²) >= 11 is 0. The van der Waals surface area contributed by atoms with E-state index in [1.807, 2.05) is 0 Å². The zero-order valence-corrected chi connectivity index (χ0v) is 11.3. The maximum Gasteiger partial charge on any atom is 0.358 e. The van der Waals surface area contributed by atoms with Gasteiger partial charge in [0.2, 0.25) is 0 Å². The van der Waals surface area contributed by atoms with E-state index in [1.54, 1.807) is 0 Å². The van der Waals surface area contributed by atoms with E-state index in [9.17, 15) is 4.79 Å². The van der Waals surface area contributed by atoms with Crippen LogP contribution in [0.2, 0.25) is 0 Å². The molecule has 106 valence electrons. The summed E-state index contributed by atoms with van der Waals surface area (Å²) in [6, 6.07) is 1.46. The normalized spacial score (nSPS) is 17.7. The second-order valence-electron chi connectivity index (χ2n) is 5.23. The predicted octanol–water partition coefficient (Wildman–Crippen LogP) is 1.19. The Morgan fingerprint density at radius 1 is 1.58 bits per heavy atom. The van der Waals surface area contributed by atoms with Gasteiger partial charge in [-0.2, -0.15) is 0 Å². The average Bonchev–Trinajstić information content (AvgIpc) is 3.00. The molecule has 0 saturated carbocycles. The molecule has 0 aromatic carbocycles. The first-order valence-electron chi connectivity index (χ1n) is 6.77. The van der Waals surface area contributed by atoms with Crippen LogP contribution in [0.15, 0.2) is 10.6 Å². The minimum absolute atomic E-state index is 0.0399. The molecule has 1 fully saturated rings. The van der Waals surface area contributed by atoms with Crippen molar-refractivity contribution in [1.29, 1.82) is 0 Å². The molecule has 2 heterocycles. The van der Waals surface area contributed by atoms with Gasteiger partial charge in [0.1, 0.15) is 0 Å². The van der Waals surface area contributed by atoms with Gasteiger partial charge in [0.25, 0.3) is 0 Å². The minimum Gasteiger partial charge on any atom is -0.476 e. The number of carboxylic acid groups (broad SMARTS) is 1. The Kier molecular flexibility index (Phi) is 4.93. The summed E-state index contributed by atoms with van der Waals surface area (Å²) in [4.78, 5) is 13.1. The molecular weight excluding hydrogens is 246 g/mol. The summed E-state index contributed by atoms with van der Waals surface area (Å²) in [7, 11) is 0. The molecule has 2 rings (SSSR count). The van der Waals surface area contributed by atoms with Crippen molar-refractivity contribution in [2.75, 3.05) is 26.2 Å². The average molecular weight is 267 g/mol. The largest absolute Gasteiger partial charge is 0.476 e. The fourth-order valence-corrected chi connectivity index (χ4v) is 2.41. The standard InChI is InChI=1S/C13H21N3O3/c1-10(9-16-4-2-3-5-16)7-14-8-11-6-12(13(17)18)15-19-11/h6,10,14H,2-5,7-9H2,1H3,(H,17,18). The van der Waals surface area contributed by atoms with Gasteiger partial charge < -0.3 is 19.8 Å². The number of carbonyl (C=O) groups is 1. The summed E-state index contributed by atoms with van der Waals surface area (Å²) in [5, 5.41) is 15.5. The van der Waals surface area contributed by atoms with E-state index >= 15 is 0 Å². The van der Waals surface area contributed by atoms with Crippen molar-refractivity contribution in [2.24, 2.45) is 5.92 Å². The summed E-state index contributed by atoms with van der Waals surface area (Å²) in [5.74, 6) is 0.0724. The fourth-order valence-electron chi connectivity index (χ4n) is 2.41. The fraction of sp³-hybridized carbons (Fsp3) is 0.692. The van der Waals surface area contributed by atoms with Crippen LogP contribution < -0.4 is 5.32 Å². The molecule has 0 radical (unpaired) electrons. The number of hydrogen-bond donors (Lipinski definition) is 2. The van der Waals surface area contributed by atoms with E-state index in [1.165, 1.54) is 32.0 Å². The van der Waals surface area contributed by atoms with Crippen molar-refractivity contribution < 1.29 is 14.4 Å². The quantitative estimate of drug-likeness (QED) is 0.772. The van der Waals surface area contributed by atoms with Gasteiger partial charge in [-0.25, -0.2) is 4.79 Å². The molecule has 1 aliphatic rings. The lowest BCUT2D eigenvalue weighted by Crippen LogP contribution is -2.31. The van der Waals surface area contributed by atoms with Crippen molar-refractivity contribution in [2.45, 2.75) is 26.3 Å². The van der Waals surface area contributed by atoms with Gasteiger partial charge in [-0.05, 0) is 38.4 Å². The van der Waals surface area contributed by atoms with Crippen LogP contribution in [-0.2, 0) is 6.54 Å². The molecular formula is C13H21N3O3. The van der Waals surface area contributed by atoms with Crippen molar-refractivity contribution in [3.8, 4) is 0 Å². The van der Waals surface area contributed by atoms with E-state index in [2.05, 4.69) is 22.3 Å². The number of aromatic nitrogens is 1. The first-order chi connectivity index (χ1) is 9.15. The van der Waals surface area contributed by atoms with E-state index < -0.39 is 5.97 Å². The SMILES string of the molecule is CC(CNCc1cc(C(=O)O)no1)CN1CCCC1. The molecule has 1 aliphatic heterocycles. The van der Waals surface area contributed by atoms with Crippen LogP contribution in [0.5, 0.6) is 0 Å². The Labute approximate surface area is 112 Å². The van der Waals surface area contributed by atoms with E-state index in [0.717, 1.165) is 13.1 Å². The Morgan fingerprint density at radius 3 is 2.95 bits per heavy atom. The Bertz CT molecular complexity index is 413. The third-order valence-corrected chi connectivity index (χ3v) is 3.34. The van der Waals surface area contributed by atoms with Crippen LogP contribution in [0.1, 0.15) is 36.0 Å². The first kappa shape index (κ1) is 14.0. The zero-order valence-electron chi connectivity index (χ0n) is 11.3. The lowest BCUT2D eigenvalue weighted by molar-refractivity contribution is 0.0685. The van der Waals surface area contributed by atoms with E-state index in [0.29, 0.717) is 18.2 Å². The van der Waals surface area contributed by atoms with Gasteiger partial charge in [-0.1, -0.05) is 12.1 Å². The number of likely N-dealkylation sites (tertiary alicyclic amines) is 1. The van der Waals surface area contributed by atoms with Crippen molar-refractivity contribution >= 4 is 5.97 Å². The topological polar surface area (TPSA) is 78.6 Å². The van der Waals surface area contributed by atoms with Crippen LogP contribution in [0.4, 0.5) is 0 Å². The lowest BCUT2D eigenvalue weighted by Gasteiger charge is -2.20. The number of carboxylic acids is 1. The Balaban J connectivity index is 1.65. The van der Waals surface area contributed by atoms with Crippen LogP contribution in [0.3, 0.4) is 0 Å². The lowest BCUT2D eigenvalue weighted by atomic mass is 10.1. The van der Waals surface area contributed by atoms with Gasteiger partial charge >= 0.3 is 5.97 Å². The number of hydrogen-bond acceptors (Lipinski definition) is 5. The maximum absolute atomic E-state index is 10.6. The molecule has 6 nitrogen and oxygen atoms in total. The van der Waals surface area contributed by atoms with Crippen molar-refractivity contribution in [1.82, 2.24) is 15.4 Å². The molecule has 1 aromatic rings. The monoisotopic (exact) mass is 267 g/mol. The second kappa shape index (κ2) is 6.68. The highest BCUT2D eigenvalue weighted by Gasteiger charge is 2.15. The van der Waals surface area contributed by atoms with Crippen molar-refractivity contribution in [3.63, 3.8) is 0 Å². The summed E-state index contributed by atoms with van der Waals surface area (Å²) in [5.41, 5.74) is -0.0399. The third kappa shape index (κ3) is 4.33. The first-order valence-corrected chi connectivity index (χ1v) is 6.77. The second-order valence-corrected chi connectivity index (χ2v) is 5.23. The van der Waals surface area contributed by atoms with Crippen LogP contribution in [0.25, 0.3) is 0 Å². The highest BCUT2D eigenvalue weighted by atomic mass is 16.5. The molecule has 1 saturated heterocycles. The summed E-state index contributed by atoms with van der Waals surface area (Å²) < 4.78 is 4.94. The van der Waals surface area contributed by atoms with E-state index in [4.69, 9.17) is 9.63 Å². The molecule has 0 spiro atoms. The summed E-state index contributed by atoms with van der Waals surface area (Å²) in [6.45, 7) is 7.17. The van der Waals surface area contributed by atoms with E-state index in [-0.39, 0.29) is 5.69 Å². The predicted molar refractivity (Wildman–Crippen MR) is 70.0 cm³/mol. The number of nitrogens with one attached hydrogen (secondary N) is 1. The van der Waals surface area contributed by atoms with Gasteiger partial charge in [0, 0.05) is 12.6 Å². The molecule has 0 aliphatic carbocycles. The highest BCUT2D eigenvalue weighted by molar-refractivity contribution is 5.85. The highest BCUT2D eigenvalue weighted by Crippen LogP contribution is 2.10. The molecule has 19 heavy (non-hydrogen) atoms. The van der Waals surface area contributed by atoms with Gasteiger partial charge in [-0.15, -0.1) is 0 Å². The Morgan fingerprint density at radius 2 is 2.32 bits per heavy atom. The number of nitrogens with zero attached hydrogens (tertiary/aromatic N) is 2. The minimum atomic E-state index is -1.06. The molecule has 2 N–H and O–H groups in total. The summed E-state index contributed by atoms with van der Waals surface area (Å²) in [6.07, 6.45) is 2.63. The number of aromatic carboxylic acids is 1. The molecule has 1 unspecified atom stereocenters. The molecule has 1 atom stereocenters. The smallest absolute Gasteiger partial charge is 0.358 e. The van der Waals surface area contributed by atoms with Gasteiger partial charge in [-0.3, -0.25) is 0 Å². The van der Waals surface area contributed by atoms with Crippen LogP contribution >= 0.6 is 0 Å². The third-order valence-electron chi connectivity index (χ3n) is 3.34. The van der Waals surface area contributed by atoms with Crippen LogP contribution in [0, 0.1) is 5.92 Å². The number of rotatable bonds is 7. The molecule has 6 heteroatoms. The Hall–Kier alpha value is -1.40. The van der Waals surface area contributed by atoms with Gasteiger partial charge in [0.15, 0.2) is 11.5 Å². The molecule has 1 aromatic heterocycles.